The first-order chi connectivity index (χ1) is 9.26. The lowest BCUT2D eigenvalue weighted by Gasteiger charge is -2.29. The van der Waals surface area contributed by atoms with Crippen LogP contribution in [0.5, 0.6) is 0 Å². The van der Waals surface area contributed by atoms with Crippen molar-refractivity contribution in [1.29, 1.82) is 0 Å². The predicted octanol–water partition coefficient (Wildman–Crippen LogP) is 3.20. The molecule has 0 spiro atoms. The Kier molecular flexibility index (Phi) is 5.93. The number of carbonyl (C=O) groups is 1. The molecule has 2 N–H and O–H groups in total. The molecule has 0 bridgehead atoms. The topological polar surface area (TPSA) is 69.9 Å². The van der Waals surface area contributed by atoms with Crippen LogP contribution in [0.15, 0.2) is 16.3 Å². The molecular weight excluding hydrogens is 254 g/mol. The van der Waals surface area contributed by atoms with Gasteiger partial charge in [-0.05, 0) is 18.8 Å². The van der Waals surface area contributed by atoms with Crippen LogP contribution in [0.4, 0.5) is 0 Å². The molecular formula is C16H27NO3. The molecule has 0 saturated heterocycles. The van der Waals surface area contributed by atoms with Crippen molar-refractivity contribution in [3.8, 4) is 0 Å². The Morgan fingerprint density at radius 2 is 2.05 bits per heavy atom. The monoisotopic (exact) mass is 281 g/mol. The van der Waals surface area contributed by atoms with Crippen LogP contribution in [0.3, 0.4) is 0 Å². The quantitative estimate of drug-likeness (QED) is 0.734. The molecule has 0 aliphatic heterocycles. The Bertz CT molecular complexity index is 421. The molecule has 0 aromatic rings. The second kappa shape index (κ2) is 7.02. The summed E-state index contributed by atoms with van der Waals surface area (Å²) in [5.74, 6) is 0.0820. The highest BCUT2D eigenvalue weighted by molar-refractivity contribution is 6.22. The Morgan fingerprint density at radius 3 is 2.60 bits per heavy atom. The second-order valence-electron chi connectivity index (χ2n) is 6.48. The number of aliphatic imine (C=N–C) groups is 1. The van der Waals surface area contributed by atoms with Crippen molar-refractivity contribution in [2.45, 2.75) is 65.9 Å². The Hall–Kier alpha value is -1.16. The molecule has 1 aliphatic rings. The number of Topliss-reactive ketones (excluding diaryl/α,β-unsaturated/α-hetero) is 1. The Labute approximate surface area is 121 Å². The van der Waals surface area contributed by atoms with Crippen LogP contribution < -0.4 is 0 Å². The normalized spacial score (nSPS) is 21.2. The number of nitrogens with zero attached hydrogens (tertiary/aromatic N) is 1. The number of rotatable bonds is 6. The average Bonchev–Trinajstić information content (AvgIpc) is 2.31. The molecule has 4 heteroatoms. The van der Waals surface area contributed by atoms with Crippen LogP contribution in [0.1, 0.15) is 59.8 Å². The summed E-state index contributed by atoms with van der Waals surface area (Å²) in [5, 5.41) is 19.8. The first kappa shape index (κ1) is 16.9. The zero-order chi connectivity index (χ0) is 15.3. The van der Waals surface area contributed by atoms with Crippen LogP contribution in [0, 0.1) is 5.41 Å². The molecule has 20 heavy (non-hydrogen) atoms. The van der Waals surface area contributed by atoms with E-state index >= 15 is 0 Å². The van der Waals surface area contributed by atoms with Gasteiger partial charge in [0.15, 0.2) is 5.78 Å². The van der Waals surface area contributed by atoms with Gasteiger partial charge in [-0.2, -0.15) is 0 Å². The van der Waals surface area contributed by atoms with Gasteiger partial charge in [0.2, 0.25) is 0 Å². The highest BCUT2D eigenvalue weighted by Gasteiger charge is 2.33. The smallest absolute Gasteiger partial charge is 0.168 e. The number of allylic oxidation sites excluding steroid dienone is 2. The van der Waals surface area contributed by atoms with Crippen molar-refractivity contribution in [3.63, 3.8) is 0 Å². The van der Waals surface area contributed by atoms with Crippen molar-refractivity contribution >= 4 is 11.5 Å². The molecule has 1 rings (SSSR count). The lowest BCUT2D eigenvalue weighted by atomic mass is 9.76. The third-order valence-corrected chi connectivity index (χ3v) is 3.64. The van der Waals surface area contributed by atoms with Gasteiger partial charge in [0, 0.05) is 18.6 Å². The van der Waals surface area contributed by atoms with Gasteiger partial charge in [0.25, 0.3) is 0 Å². The molecule has 1 unspecified atom stereocenters. The predicted molar refractivity (Wildman–Crippen MR) is 81.2 cm³/mol. The van der Waals surface area contributed by atoms with Crippen LogP contribution in [0.2, 0.25) is 0 Å². The van der Waals surface area contributed by atoms with E-state index in [0.29, 0.717) is 30.7 Å². The molecule has 0 aromatic carbocycles. The molecule has 0 fully saturated rings. The molecule has 0 aromatic heterocycles. The van der Waals surface area contributed by atoms with E-state index in [4.69, 9.17) is 0 Å². The third kappa shape index (κ3) is 4.75. The van der Waals surface area contributed by atoms with Crippen molar-refractivity contribution in [3.05, 3.63) is 11.3 Å². The highest BCUT2D eigenvalue weighted by atomic mass is 16.3. The van der Waals surface area contributed by atoms with E-state index in [1.165, 1.54) is 0 Å². The number of unbranched alkanes of at least 4 members (excludes halogenated alkanes) is 1. The van der Waals surface area contributed by atoms with Crippen LogP contribution >= 0.6 is 0 Å². The summed E-state index contributed by atoms with van der Waals surface area (Å²) in [5.41, 5.74) is 0.705. The standard InChI is InChI=1S/C16H27NO3/c1-5-6-7-12(18)10-17-11(2)15-13(19)8-16(3,4)9-14(15)20/h12,18-19H,5-10H2,1-4H3. The molecule has 0 heterocycles. The summed E-state index contributed by atoms with van der Waals surface area (Å²) in [4.78, 5) is 16.4. The molecule has 0 radical (unpaired) electrons. The minimum absolute atomic E-state index is 0.0527. The van der Waals surface area contributed by atoms with E-state index in [2.05, 4.69) is 11.9 Å². The minimum atomic E-state index is -0.470. The SMILES string of the molecule is CCCCC(O)CN=C(C)C1=C(O)CC(C)(C)CC1=O. The molecule has 114 valence electrons. The van der Waals surface area contributed by atoms with Gasteiger partial charge < -0.3 is 10.2 Å². The second-order valence-corrected chi connectivity index (χ2v) is 6.48. The van der Waals surface area contributed by atoms with Gasteiger partial charge in [-0.1, -0.05) is 33.6 Å². The molecule has 4 nitrogen and oxygen atoms in total. The van der Waals surface area contributed by atoms with E-state index < -0.39 is 6.10 Å². The largest absolute Gasteiger partial charge is 0.511 e. The summed E-state index contributed by atoms with van der Waals surface area (Å²) < 4.78 is 0. The van der Waals surface area contributed by atoms with E-state index in [9.17, 15) is 15.0 Å². The van der Waals surface area contributed by atoms with Crippen molar-refractivity contribution in [1.82, 2.24) is 0 Å². The van der Waals surface area contributed by atoms with Gasteiger partial charge in [0.1, 0.15) is 5.76 Å². The molecule has 1 aliphatic carbocycles. The summed E-state index contributed by atoms with van der Waals surface area (Å²) in [6.07, 6.45) is 3.19. The van der Waals surface area contributed by atoms with E-state index in [1.54, 1.807) is 6.92 Å². The average molecular weight is 281 g/mol. The fourth-order valence-corrected chi connectivity index (χ4v) is 2.55. The summed E-state index contributed by atoms with van der Waals surface area (Å²) in [6, 6.07) is 0. The van der Waals surface area contributed by atoms with E-state index in [1.807, 2.05) is 13.8 Å². The van der Waals surface area contributed by atoms with Gasteiger partial charge >= 0.3 is 0 Å². The fourth-order valence-electron chi connectivity index (χ4n) is 2.55. The maximum Gasteiger partial charge on any atom is 0.168 e. The number of hydrogen-bond acceptors (Lipinski definition) is 4. The van der Waals surface area contributed by atoms with Gasteiger partial charge in [-0.3, -0.25) is 9.79 Å². The highest BCUT2D eigenvalue weighted by Crippen LogP contribution is 2.36. The first-order valence-electron chi connectivity index (χ1n) is 7.41. The van der Waals surface area contributed by atoms with Crippen LogP contribution in [-0.4, -0.2) is 34.4 Å². The van der Waals surface area contributed by atoms with Crippen LogP contribution in [-0.2, 0) is 4.79 Å². The number of ketones is 1. The maximum atomic E-state index is 12.1. The lowest BCUT2D eigenvalue weighted by Crippen LogP contribution is -2.28. The molecule has 0 amide bonds. The lowest BCUT2D eigenvalue weighted by molar-refractivity contribution is -0.117. The number of aliphatic hydroxyl groups is 2. The number of hydrogen-bond donors (Lipinski definition) is 2. The van der Waals surface area contributed by atoms with Crippen molar-refractivity contribution < 1.29 is 15.0 Å². The summed E-state index contributed by atoms with van der Waals surface area (Å²) in [6.45, 7) is 8.04. The fraction of sp³-hybridized carbons (Fsp3) is 0.750. The Morgan fingerprint density at radius 1 is 1.40 bits per heavy atom. The third-order valence-electron chi connectivity index (χ3n) is 3.64. The van der Waals surface area contributed by atoms with E-state index in [0.717, 1.165) is 19.3 Å². The number of carbonyl (C=O) groups excluding carboxylic acids is 1. The summed E-state index contributed by atoms with van der Waals surface area (Å²) in [7, 11) is 0. The summed E-state index contributed by atoms with van der Waals surface area (Å²) >= 11 is 0. The minimum Gasteiger partial charge on any atom is -0.511 e. The zero-order valence-corrected chi connectivity index (χ0v) is 13.1. The van der Waals surface area contributed by atoms with Crippen LogP contribution in [0.25, 0.3) is 0 Å². The zero-order valence-electron chi connectivity index (χ0n) is 13.1. The molecule has 0 saturated carbocycles. The van der Waals surface area contributed by atoms with Gasteiger partial charge in [0.05, 0.1) is 18.2 Å². The first-order valence-corrected chi connectivity index (χ1v) is 7.41. The van der Waals surface area contributed by atoms with Gasteiger partial charge in [-0.25, -0.2) is 0 Å². The van der Waals surface area contributed by atoms with Gasteiger partial charge in [-0.15, -0.1) is 0 Å². The van der Waals surface area contributed by atoms with Crippen molar-refractivity contribution in [2.75, 3.05) is 6.54 Å². The number of aliphatic hydroxyl groups excluding tert-OH is 2. The van der Waals surface area contributed by atoms with E-state index in [-0.39, 0.29) is 17.0 Å². The van der Waals surface area contributed by atoms with Crippen molar-refractivity contribution in [2.24, 2.45) is 10.4 Å². The molecule has 1 atom stereocenters. The Balaban J connectivity index is 2.75. The maximum absolute atomic E-state index is 12.1.